The van der Waals surface area contributed by atoms with Crippen LogP contribution in [-0.2, 0) is 11.0 Å². The Labute approximate surface area is 129 Å². The SMILES string of the molecule is CCCCCCCNCC(=O)Nc1cccc(C(F)(F)F)c1. The molecule has 3 nitrogen and oxygen atoms in total. The number of anilines is 1. The first kappa shape index (κ1) is 18.5. The van der Waals surface area contributed by atoms with Crippen LogP contribution < -0.4 is 10.6 Å². The summed E-state index contributed by atoms with van der Waals surface area (Å²) in [7, 11) is 0. The van der Waals surface area contributed by atoms with E-state index in [9.17, 15) is 18.0 Å². The molecule has 0 aromatic heterocycles. The highest BCUT2D eigenvalue weighted by atomic mass is 19.4. The van der Waals surface area contributed by atoms with Gasteiger partial charge >= 0.3 is 6.18 Å². The fourth-order valence-electron chi connectivity index (χ4n) is 2.03. The van der Waals surface area contributed by atoms with Gasteiger partial charge in [-0.05, 0) is 31.2 Å². The number of carbonyl (C=O) groups excluding carboxylic acids is 1. The van der Waals surface area contributed by atoms with Crippen LogP contribution in [0, 0.1) is 0 Å². The number of nitrogens with one attached hydrogen (secondary N) is 2. The summed E-state index contributed by atoms with van der Waals surface area (Å²) in [6.45, 7) is 2.99. The Morgan fingerprint density at radius 3 is 2.55 bits per heavy atom. The first-order valence-corrected chi connectivity index (χ1v) is 7.61. The molecule has 0 spiro atoms. The first-order valence-electron chi connectivity index (χ1n) is 7.61. The molecular weight excluding hydrogens is 293 g/mol. The lowest BCUT2D eigenvalue weighted by molar-refractivity contribution is -0.137. The molecule has 22 heavy (non-hydrogen) atoms. The van der Waals surface area contributed by atoms with E-state index in [1.807, 2.05) is 0 Å². The Hall–Kier alpha value is -1.56. The molecule has 0 unspecified atom stereocenters. The van der Waals surface area contributed by atoms with Crippen molar-refractivity contribution in [3.05, 3.63) is 29.8 Å². The molecule has 1 amide bonds. The Balaban J connectivity index is 2.28. The maximum Gasteiger partial charge on any atom is 0.416 e. The molecule has 124 valence electrons. The standard InChI is InChI=1S/C16H23F3N2O/c1-2-3-4-5-6-10-20-12-15(22)21-14-9-7-8-13(11-14)16(17,18)19/h7-9,11,20H,2-6,10,12H2,1H3,(H,21,22). The van der Waals surface area contributed by atoms with Crippen LogP contribution in [0.3, 0.4) is 0 Å². The predicted octanol–water partition coefficient (Wildman–Crippen LogP) is 4.20. The van der Waals surface area contributed by atoms with E-state index in [0.29, 0.717) is 0 Å². The van der Waals surface area contributed by atoms with Gasteiger partial charge in [0.1, 0.15) is 0 Å². The zero-order valence-electron chi connectivity index (χ0n) is 12.8. The zero-order chi connectivity index (χ0) is 16.4. The molecule has 0 saturated heterocycles. The van der Waals surface area contributed by atoms with E-state index in [-0.39, 0.29) is 18.1 Å². The van der Waals surface area contributed by atoms with Crippen LogP contribution in [0.1, 0.15) is 44.6 Å². The quantitative estimate of drug-likeness (QED) is 0.670. The lowest BCUT2D eigenvalue weighted by atomic mass is 10.1. The third-order valence-electron chi connectivity index (χ3n) is 3.22. The van der Waals surface area contributed by atoms with Crippen molar-refractivity contribution in [1.29, 1.82) is 0 Å². The summed E-state index contributed by atoms with van der Waals surface area (Å²) in [6.07, 6.45) is 1.31. The number of halogens is 3. The number of hydrogen-bond acceptors (Lipinski definition) is 2. The Morgan fingerprint density at radius 1 is 1.14 bits per heavy atom. The Bertz CT molecular complexity index is 461. The number of hydrogen-bond donors (Lipinski definition) is 2. The van der Waals surface area contributed by atoms with Crippen molar-refractivity contribution in [2.75, 3.05) is 18.4 Å². The second-order valence-corrected chi connectivity index (χ2v) is 5.22. The van der Waals surface area contributed by atoms with E-state index in [4.69, 9.17) is 0 Å². The van der Waals surface area contributed by atoms with Gasteiger partial charge in [-0.1, -0.05) is 38.7 Å². The summed E-state index contributed by atoms with van der Waals surface area (Å²) in [5.74, 6) is -0.340. The van der Waals surface area contributed by atoms with Crippen molar-refractivity contribution < 1.29 is 18.0 Å². The average molecular weight is 316 g/mol. The van der Waals surface area contributed by atoms with Crippen LogP contribution in [-0.4, -0.2) is 19.0 Å². The second kappa shape index (κ2) is 9.46. The van der Waals surface area contributed by atoms with E-state index >= 15 is 0 Å². The molecule has 0 aliphatic heterocycles. The average Bonchev–Trinajstić information content (AvgIpc) is 2.46. The number of alkyl halides is 3. The maximum atomic E-state index is 12.6. The molecule has 2 N–H and O–H groups in total. The van der Waals surface area contributed by atoms with Gasteiger partial charge in [0, 0.05) is 5.69 Å². The molecular formula is C16H23F3N2O. The summed E-state index contributed by atoms with van der Waals surface area (Å²) in [6, 6.07) is 4.63. The van der Waals surface area contributed by atoms with Gasteiger partial charge in [-0.3, -0.25) is 4.79 Å². The highest BCUT2D eigenvalue weighted by Crippen LogP contribution is 2.30. The number of amides is 1. The number of carbonyl (C=O) groups is 1. The van der Waals surface area contributed by atoms with Crippen LogP contribution in [0.4, 0.5) is 18.9 Å². The maximum absolute atomic E-state index is 12.6. The minimum Gasteiger partial charge on any atom is -0.325 e. The molecule has 1 aromatic rings. The minimum absolute atomic E-state index is 0.101. The molecule has 0 fully saturated rings. The van der Waals surface area contributed by atoms with Crippen molar-refractivity contribution in [3.8, 4) is 0 Å². The van der Waals surface area contributed by atoms with Gasteiger partial charge in [0.15, 0.2) is 0 Å². The monoisotopic (exact) mass is 316 g/mol. The second-order valence-electron chi connectivity index (χ2n) is 5.22. The topological polar surface area (TPSA) is 41.1 Å². The summed E-state index contributed by atoms with van der Waals surface area (Å²) in [4.78, 5) is 11.7. The first-order chi connectivity index (χ1) is 10.4. The van der Waals surface area contributed by atoms with E-state index in [0.717, 1.165) is 31.5 Å². The van der Waals surface area contributed by atoms with Crippen molar-refractivity contribution in [2.24, 2.45) is 0 Å². The number of unbranched alkanes of at least 4 members (excludes halogenated alkanes) is 4. The fourth-order valence-corrected chi connectivity index (χ4v) is 2.03. The smallest absolute Gasteiger partial charge is 0.325 e. The molecule has 1 aromatic carbocycles. The molecule has 0 aliphatic carbocycles. The van der Waals surface area contributed by atoms with E-state index in [1.54, 1.807) is 0 Å². The molecule has 0 saturated carbocycles. The van der Waals surface area contributed by atoms with Crippen LogP contribution in [0.2, 0.25) is 0 Å². The van der Waals surface area contributed by atoms with Crippen LogP contribution in [0.25, 0.3) is 0 Å². The van der Waals surface area contributed by atoms with Gasteiger partial charge < -0.3 is 10.6 Å². The third kappa shape index (κ3) is 7.45. The van der Waals surface area contributed by atoms with Crippen molar-refractivity contribution in [1.82, 2.24) is 5.32 Å². The van der Waals surface area contributed by atoms with Gasteiger partial charge in [0.25, 0.3) is 0 Å². The summed E-state index contributed by atoms with van der Waals surface area (Å²) in [5.41, 5.74) is -0.612. The van der Waals surface area contributed by atoms with Gasteiger partial charge in [-0.2, -0.15) is 13.2 Å². The third-order valence-corrected chi connectivity index (χ3v) is 3.22. The van der Waals surface area contributed by atoms with Crippen molar-refractivity contribution >= 4 is 11.6 Å². The molecule has 1 rings (SSSR count). The van der Waals surface area contributed by atoms with Crippen LogP contribution >= 0.6 is 0 Å². The van der Waals surface area contributed by atoms with E-state index in [2.05, 4.69) is 17.6 Å². The summed E-state index contributed by atoms with van der Waals surface area (Å²) < 4.78 is 37.7. The molecule has 0 aliphatic rings. The molecule has 6 heteroatoms. The summed E-state index contributed by atoms with van der Waals surface area (Å²) in [5, 5.41) is 5.46. The van der Waals surface area contributed by atoms with Gasteiger partial charge in [0.05, 0.1) is 12.1 Å². The lowest BCUT2D eigenvalue weighted by Gasteiger charge is -2.10. The van der Waals surface area contributed by atoms with Crippen molar-refractivity contribution in [2.45, 2.75) is 45.2 Å². The number of benzene rings is 1. The summed E-state index contributed by atoms with van der Waals surface area (Å²) >= 11 is 0. The highest BCUT2D eigenvalue weighted by Gasteiger charge is 2.30. The van der Waals surface area contributed by atoms with Gasteiger partial charge in [-0.25, -0.2) is 0 Å². The van der Waals surface area contributed by atoms with Gasteiger partial charge in [-0.15, -0.1) is 0 Å². The minimum atomic E-state index is -4.41. The molecule has 0 bridgehead atoms. The molecule has 0 heterocycles. The number of rotatable bonds is 9. The van der Waals surface area contributed by atoms with Crippen LogP contribution in [0.5, 0.6) is 0 Å². The fraction of sp³-hybridized carbons (Fsp3) is 0.562. The Kier molecular flexibility index (Phi) is 7.95. The normalized spacial score (nSPS) is 11.5. The van der Waals surface area contributed by atoms with Crippen molar-refractivity contribution in [3.63, 3.8) is 0 Å². The Morgan fingerprint density at radius 2 is 1.86 bits per heavy atom. The van der Waals surface area contributed by atoms with Crippen LogP contribution in [0.15, 0.2) is 24.3 Å². The largest absolute Gasteiger partial charge is 0.416 e. The van der Waals surface area contributed by atoms with Gasteiger partial charge in [0.2, 0.25) is 5.91 Å². The lowest BCUT2D eigenvalue weighted by Crippen LogP contribution is -2.28. The molecule has 0 atom stereocenters. The van der Waals surface area contributed by atoms with E-state index < -0.39 is 11.7 Å². The predicted molar refractivity (Wildman–Crippen MR) is 81.7 cm³/mol. The highest BCUT2D eigenvalue weighted by molar-refractivity contribution is 5.92. The van der Waals surface area contributed by atoms with E-state index in [1.165, 1.54) is 31.4 Å². The zero-order valence-corrected chi connectivity index (χ0v) is 12.8. The molecule has 0 radical (unpaired) electrons.